The van der Waals surface area contributed by atoms with Gasteiger partial charge in [-0.2, -0.15) is 5.26 Å². The molecule has 0 aliphatic rings. The summed E-state index contributed by atoms with van der Waals surface area (Å²) >= 11 is 1.63. The fourth-order valence-electron chi connectivity index (χ4n) is 2.66. The maximum Gasteiger partial charge on any atom is 0.207 e. The van der Waals surface area contributed by atoms with Crippen LogP contribution in [0.5, 0.6) is 0 Å². The van der Waals surface area contributed by atoms with E-state index in [1.165, 1.54) is 0 Å². The number of nitriles is 1. The van der Waals surface area contributed by atoms with Gasteiger partial charge in [-0.15, -0.1) is 11.3 Å². The van der Waals surface area contributed by atoms with Crippen molar-refractivity contribution in [2.75, 3.05) is 0 Å². The van der Waals surface area contributed by atoms with Crippen molar-refractivity contribution in [2.45, 2.75) is 33.2 Å². The molecular weight excluding hydrogens is 330 g/mol. The molecule has 2 aromatic heterocycles. The fourth-order valence-corrected chi connectivity index (χ4v) is 3.53. The van der Waals surface area contributed by atoms with Crippen LogP contribution in [0.1, 0.15) is 48.5 Å². The summed E-state index contributed by atoms with van der Waals surface area (Å²) in [4.78, 5) is 16.9. The van der Waals surface area contributed by atoms with E-state index in [1.54, 1.807) is 23.6 Å². The molecule has 0 radical (unpaired) electrons. The highest BCUT2D eigenvalue weighted by Gasteiger charge is 2.08. The number of hydrogen-bond donors (Lipinski definition) is 0. The molecule has 0 atom stereocenters. The van der Waals surface area contributed by atoms with E-state index in [-0.39, 0.29) is 11.0 Å². The minimum Gasteiger partial charge on any atom is -0.346 e. The largest absolute Gasteiger partial charge is 0.346 e. The van der Waals surface area contributed by atoms with Crippen LogP contribution in [0, 0.1) is 11.3 Å². The van der Waals surface area contributed by atoms with Crippen molar-refractivity contribution in [3.8, 4) is 6.07 Å². The summed E-state index contributed by atoms with van der Waals surface area (Å²) in [5.41, 5.74) is 2.92. The lowest BCUT2D eigenvalue weighted by Gasteiger charge is -2.09. The summed E-state index contributed by atoms with van der Waals surface area (Å²) < 4.78 is 1.94. The molecule has 25 heavy (non-hydrogen) atoms. The normalized spacial score (nSPS) is 11.5. The molecule has 0 aliphatic heterocycles. The van der Waals surface area contributed by atoms with Crippen LogP contribution in [0.4, 0.5) is 0 Å². The van der Waals surface area contributed by atoms with Gasteiger partial charge in [0.25, 0.3) is 0 Å². The first kappa shape index (κ1) is 17.1. The van der Waals surface area contributed by atoms with E-state index in [2.05, 4.69) is 24.2 Å². The highest BCUT2D eigenvalue weighted by Crippen LogP contribution is 2.21. The van der Waals surface area contributed by atoms with Crippen molar-refractivity contribution in [2.24, 2.45) is 0 Å². The summed E-state index contributed by atoms with van der Waals surface area (Å²) in [5.74, 6) is 0.424. The first-order chi connectivity index (χ1) is 12.0. The molecule has 0 fully saturated rings. The average Bonchev–Trinajstić information content (AvgIpc) is 3.10. The molecule has 0 saturated carbocycles. The molecule has 0 bridgehead atoms. The van der Waals surface area contributed by atoms with Gasteiger partial charge in [0, 0.05) is 23.5 Å². The van der Waals surface area contributed by atoms with E-state index >= 15 is 0 Å². The molecule has 0 N–H and O–H groups in total. The van der Waals surface area contributed by atoms with Gasteiger partial charge in [0.15, 0.2) is 0 Å². The van der Waals surface area contributed by atoms with Crippen molar-refractivity contribution in [1.82, 2.24) is 9.55 Å². The van der Waals surface area contributed by atoms with Crippen molar-refractivity contribution in [3.05, 3.63) is 61.8 Å². The topological polar surface area (TPSA) is 58.7 Å². The molecule has 0 saturated heterocycles. The van der Waals surface area contributed by atoms with Gasteiger partial charge < -0.3 is 4.57 Å². The van der Waals surface area contributed by atoms with Gasteiger partial charge in [0.2, 0.25) is 5.43 Å². The zero-order valence-electron chi connectivity index (χ0n) is 14.5. The molecule has 5 heteroatoms. The van der Waals surface area contributed by atoms with E-state index in [4.69, 9.17) is 5.26 Å². The third-order valence-electron chi connectivity index (χ3n) is 4.12. The van der Waals surface area contributed by atoms with E-state index in [0.717, 1.165) is 21.8 Å². The first-order valence-electron chi connectivity index (χ1n) is 8.24. The molecule has 0 spiro atoms. The summed E-state index contributed by atoms with van der Waals surface area (Å²) in [5, 5.41) is 12.8. The predicted octanol–water partition coefficient (Wildman–Crippen LogP) is 4.64. The zero-order chi connectivity index (χ0) is 18.0. The van der Waals surface area contributed by atoms with E-state index < -0.39 is 0 Å². The molecule has 3 aromatic rings. The Bertz CT molecular complexity index is 1050. The van der Waals surface area contributed by atoms with Gasteiger partial charge in [-0.1, -0.05) is 26.0 Å². The number of aryl methyl sites for hydroxylation is 1. The fraction of sp³-hybridized carbons (Fsp3) is 0.250. The minimum atomic E-state index is -0.209. The second kappa shape index (κ2) is 7.04. The summed E-state index contributed by atoms with van der Waals surface area (Å²) in [6.45, 7) is 6.95. The van der Waals surface area contributed by atoms with E-state index in [9.17, 15) is 4.79 Å². The Balaban J connectivity index is 2.02. The molecule has 0 amide bonds. The Morgan fingerprint density at radius 1 is 1.36 bits per heavy atom. The molecular formula is C20H19N3OS. The number of hydrogen-bond acceptors (Lipinski definition) is 4. The second-order valence-corrected chi connectivity index (χ2v) is 7.03. The molecule has 0 aliphatic carbocycles. The van der Waals surface area contributed by atoms with Crippen molar-refractivity contribution < 1.29 is 0 Å². The van der Waals surface area contributed by atoms with Gasteiger partial charge >= 0.3 is 0 Å². The Morgan fingerprint density at radius 2 is 2.16 bits per heavy atom. The van der Waals surface area contributed by atoms with E-state index in [0.29, 0.717) is 17.8 Å². The lowest BCUT2D eigenvalue weighted by atomic mass is 10.1. The number of aromatic nitrogens is 2. The number of pyridine rings is 1. The SMILES string of the molecule is CCn1cc(C#N)c(=O)c2ccc(/C=C/c3nc(C(C)C)cs3)cc21. The highest BCUT2D eigenvalue weighted by molar-refractivity contribution is 7.10. The maximum absolute atomic E-state index is 12.3. The van der Waals surface area contributed by atoms with Crippen molar-refractivity contribution >= 4 is 34.4 Å². The molecule has 0 unspecified atom stereocenters. The third kappa shape index (κ3) is 3.40. The van der Waals surface area contributed by atoms with Crippen LogP contribution in [0.3, 0.4) is 0 Å². The van der Waals surface area contributed by atoms with Crippen LogP contribution in [0.2, 0.25) is 0 Å². The molecule has 2 heterocycles. The second-order valence-electron chi connectivity index (χ2n) is 6.14. The van der Waals surface area contributed by atoms with Crippen LogP contribution < -0.4 is 5.43 Å². The standard InChI is InChI=1S/C20H19N3OS/c1-4-23-11-15(10-21)20(24)16-7-5-14(9-18(16)23)6-8-19-22-17(12-25-19)13(2)3/h5-9,11-13H,4H2,1-3H3/b8-6+. The Hall–Kier alpha value is -2.71. The van der Waals surface area contributed by atoms with Crippen LogP contribution in [-0.2, 0) is 6.54 Å². The Morgan fingerprint density at radius 3 is 2.80 bits per heavy atom. The van der Waals surface area contributed by atoms with E-state index in [1.807, 2.05) is 41.8 Å². The Labute approximate surface area is 150 Å². The van der Waals surface area contributed by atoms with Gasteiger partial charge in [-0.3, -0.25) is 4.79 Å². The number of nitrogens with zero attached hydrogens (tertiary/aromatic N) is 3. The van der Waals surface area contributed by atoms with Crippen molar-refractivity contribution in [1.29, 1.82) is 5.26 Å². The maximum atomic E-state index is 12.3. The smallest absolute Gasteiger partial charge is 0.207 e. The van der Waals surface area contributed by atoms with Crippen LogP contribution in [0.15, 0.2) is 34.6 Å². The quantitative estimate of drug-likeness (QED) is 0.689. The lowest BCUT2D eigenvalue weighted by molar-refractivity contribution is 0.786. The Kier molecular flexibility index (Phi) is 4.82. The number of benzene rings is 1. The van der Waals surface area contributed by atoms with Gasteiger partial charge in [0.1, 0.15) is 16.6 Å². The highest BCUT2D eigenvalue weighted by atomic mass is 32.1. The van der Waals surface area contributed by atoms with Gasteiger partial charge in [0.05, 0.1) is 11.2 Å². The summed E-state index contributed by atoms with van der Waals surface area (Å²) in [7, 11) is 0. The average molecular weight is 349 g/mol. The molecule has 3 rings (SSSR count). The summed E-state index contributed by atoms with van der Waals surface area (Å²) in [6.07, 6.45) is 5.63. The number of fused-ring (bicyclic) bond motifs is 1. The first-order valence-corrected chi connectivity index (χ1v) is 9.12. The van der Waals surface area contributed by atoms with Gasteiger partial charge in [-0.25, -0.2) is 4.98 Å². The van der Waals surface area contributed by atoms with Crippen LogP contribution >= 0.6 is 11.3 Å². The number of thiazole rings is 1. The zero-order valence-corrected chi connectivity index (χ0v) is 15.3. The molecule has 126 valence electrons. The lowest BCUT2D eigenvalue weighted by Crippen LogP contribution is -2.12. The van der Waals surface area contributed by atoms with Crippen LogP contribution in [0.25, 0.3) is 23.1 Å². The molecule has 1 aromatic carbocycles. The van der Waals surface area contributed by atoms with Crippen molar-refractivity contribution in [3.63, 3.8) is 0 Å². The minimum absolute atomic E-state index is 0.182. The monoisotopic (exact) mass is 349 g/mol. The number of rotatable bonds is 4. The van der Waals surface area contributed by atoms with Gasteiger partial charge in [-0.05, 0) is 36.6 Å². The predicted molar refractivity (Wildman–Crippen MR) is 104 cm³/mol. The third-order valence-corrected chi connectivity index (χ3v) is 4.94. The van der Waals surface area contributed by atoms with Crippen LogP contribution in [-0.4, -0.2) is 9.55 Å². The molecule has 4 nitrogen and oxygen atoms in total. The summed E-state index contributed by atoms with van der Waals surface area (Å²) in [6, 6.07) is 7.66.